The molecule has 0 saturated carbocycles. The smallest absolute Gasteiger partial charge is 0.362 e. The Kier molecular flexibility index (Phi) is 4.94. The lowest BCUT2D eigenvalue weighted by Gasteiger charge is -2.23. The molecule has 7 heteroatoms. The Labute approximate surface area is 179 Å². The first-order valence-electron chi connectivity index (χ1n) is 10.6. The molecule has 1 atom stereocenters. The molecule has 2 aliphatic rings. The van der Waals surface area contributed by atoms with Gasteiger partial charge in [0.1, 0.15) is 5.58 Å². The van der Waals surface area contributed by atoms with Crippen LogP contribution in [0.25, 0.3) is 11.0 Å². The molecule has 7 nitrogen and oxygen atoms in total. The van der Waals surface area contributed by atoms with Gasteiger partial charge in [-0.3, -0.25) is 9.59 Å². The summed E-state index contributed by atoms with van der Waals surface area (Å²) in [5.41, 5.74) is 1.57. The molecule has 0 aliphatic carbocycles. The lowest BCUT2D eigenvalue weighted by molar-refractivity contribution is -0.122. The van der Waals surface area contributed by atoms with Crippen molar-refractivity contribution in [2.75, 3.05) is 34.8 Å². The van der Waals surface area contributed by atoms with Crippen LogP contribution < -0.4 is 20.7 Å². The summed E-state index contributed by atoms with van der Waals surface area (Å²) in [7, 11) is 0. The quantitative estimate of drug-likeness (QED) is 0.658. The number of hydrogen-bond acceptors (Lipinski definition) is 5. The maximum absolute atomic E-state index is 13.1. The third-order valence-corrected chi connectivity index (χ3v) is 6.02. The zero-order valence-electron chi connectivity index (χ0n) is 17.0. The zero-order valence-corrected chi connectivity index (χ0v) is 17.0. The summed E-state index contributed by atoms with van der Waals surface area (Å²) in [6, 6.07) is 16.7. The zero-order chi connectivity index (χ0) is 21.4. The fraction of sp³-hybridized carbons (Fsp3) is 0.292. The Morgan fingerprint density at radius 2 is 1.68 bits per heavy atom. The topological polar surface area (TPSA) is 82.9 Å². The fourth-order valence-corrected chi connectivity index (χ4v) is 4.48. The number of para-hydroxylation sites is 2. The molecule has 0 spiro atoms. The van der Waals surface area contributed by atoms with Crippen molar-refractivity contribution in [2.24, 2.45) is 5.92 Å². The first-order valence-corrected chi connectivity index (χ1v) is 10.6. The maximum atomic E-state index is 13.1. The molecule has 3 heterocycles. The summed E-state index contributed by atoms with van der Waals surface area (Å²) in [6.07, 6.45) is 2.18. The van der Waals surface area contributed by atoms with Crippen LogP contribution in [-0.2, 0) is 9.59 Å². The molecule has 2 saturated heterocycles. The van der Waals surface area contributed by atoms with Crippen molar-refractivity contribution in [1.29, 1.82) is 0 Å². The largest absolute Gasteiger partial charge is 0.421 e. The Balaban J connectivity index is 1.46. The van der Waals surface area contributed by atoms with Crippen molar-refractivity contribution in [3.63, 3.8) is 0 Å². The van der Waals surface area contributed by atoms with Gasteiger partial charge in [-0.05, 0) is 37.1 Å². The van der Waals surface area contributed by atoms with E-state index in [1.165, 1.54) is 0 Å². The van der Waals surface area contributed by atoms with Gasteiger partial charge in [-0.15, -0.1) is 0 Å². The van der Waals surface area contributed by atoms with Gasteiger partial charge in [0.15, 0.2) is 5.69 Å². The van der Waals surface area contributed by atoms with E-state index in [1.54, 1.807) is 11.0 Å². The number of nitrogens with one attached hydrogen (secondary N) is 1. The van der Waals surface area contributed by atoms with E-state index in [0.717, 1.165) is 37.0 Å². The van der Waals surface area contributed by atoms with Gasteiger partial charge in [0.05, 0.1) is 11.6 Å². The molecule has 31 heavy (non-hydrogen) atoms. The predicted octanol–water partition coefficient (Wildman–Crippen LogP) is 3.38. The summed E-state index contributed by atoms with van der Waals surface area (Å²) in [5, 5.41) is 3.62. The van der Waals surface area contributed by atoms with Crippen LogP contribution >= 0.6 is 0 Å². The van der Waals surface area contributed by atoms with Crippen molar-refractivity contribution >= 4 is 39.8 Å². The van der Waals surface area contributed by atoms with E-state index in [9.17, 15) is 14.4 Å². The minimum absolute atomic E-state index is 0.100. The predicted molar refractivity (Wildman–Crippen MR) is 119 cm³/mol. The van der Waals surface area contributed by atoms with E-state index in [-0.39, 0.29) is 30.5 Å². The Hall–Kier alpha value is -3.61. The summed E-state index contributed by atoms with van der Waals surface area (Å²) in [6.45, 7) is 1.92. The highest BCUT2D eigenvalue weighted by Crippen LogP contribution is 2.35. The van der Waals surface area contributed by atoms with Crippen LogP contribution in [0.1, 0.15) is 19.3 Å². The molecule has 5 rings (SSSR count). The van der Waals surface area contributed by atoms with Gasteiger partial charge in [0.25, 0.3) is 0 Å². The molecule has 158 valence electrons. The van der Waals surface area contributed by atoms with E-state index >= 15 is 0 Å². The third-order valence-electron chi connectivity index (χ3n) is 6.02. The number of anilines is 3. The van der Waals surface area contributed by atoms with Crippen LogP contribution in [0.4, 0.5) is 17.1 Å². The van der Waals surface area contributed by atoms with Crippen LogP contribution in [0.2, 0.25) is 0 Å². The van der Waals surface area contributed by atoms with Crippen LogP contribution in [-0.4, -0.2) is 31.4 Å². The molecule has 0 radical (unpaired) electrons. The van der Waals surface area contributed by atoms with E-state index in [4.69, 9.17) is 4.42 Å². The highest BCUT2D eigenvalue weighted by atomic mass is 16.4. The molecule has 2 aromatic carbocycles. The van der Waals surface area contributed by atoms with Crippen molar-refractivity contribution in [1.82, 2.24) is 0 Å². The first-order chi connectivity index (χ1) is 15.1. The van der Waals surface area contributed by atoms with Gasteiger partial charge in [0.2, 0.25) is 11.8 Å². The number of rotatable bonds is 4. The number of carbonyl (C=O) groups is 2. The second-order valence-electron chi connectivity index (χ2n) is 8.03. The second kappa shape index (κ2) is 7.91. The van der Waals surface area contributed by atoms with E-state index in [1.807, 2.05) is 48.5 Å². The van der Waals surface area contributed by atoms with Crippen LogP contribution in [0.3, 0.4) is 0 Å². The van der Waals surface area contributed by atoms with Gasteiger partial charge < -0.3 is 19.5 Å². The number of fused-ring (bicyclic) bond motifs is 1. The number of benzene rings is 2. The van der Waals surface area contributed by atoms with Crippen LogP contribution in [0.15, 0.2) is 63.8 Å². The minimum Gasteiger partial charge on any atom is -0.421 e. The SMILES string of the molecule is O=C(Nc1c(N2CCCC2)c2ccccc2oc1=O)C1CC(=O)N(c2ccccc2)C1. The Bertz CT molecular complexity index is 1200. The highest BCUT2D eigenvalue weighted by Gasteiger charge is 2.36. The van der Waals surface area contributed by atoms with Crippen molar-refractivity contribution in [2.45, 2.75) is 19.3 Å². The highest BCUT2D eigenvalue weighted by molar-refractivity contribution is 6.06. The Morgan fingerprint density at radius 3 is 2.45 bits per heavy atom. The normalized spacial score (nSPS) is 18.7. The average Bonchev–Trinajstić information content (AvgIpc) is 3.45. The maximum Gasteiger partial charge on any atom is 0.362 e. The van der Waals surface area contributed by atoms with Crippen molar-refractivity contribution in [3.05, 3.63) is 65.0 Å². The summed E-state index contributed by atoms with van der Waals surface area (Å²) in [4.78, 5) is 42.2. The van der Waals surface area contributed by atoms with Crippen molar-refractivity contribution < 1.29 is 14.0 Å². The number of carbonyl (C=O) groups excluding carboxylic acids is 2. The molecule has 1 aromatic heterocycles. The number of nitrogens with zero attached hydrogens (tertiary/aromatic N) is 2. The van der Waals surface area contributed by atoms with E-state index < -0.39 is 11.5 Å². The minimum atomic E-state index is -0.571. The molecule has 2 amide bonds. The third kappa shape index (κ3) is 3.56. The van der Waals surface area contributed by atoms with E-state index in [2.05, 4.69) is 10.2 Å². The molecular formula is C24H23N3O4. The van der Waals surface area contributed by atoms with Gasteiger partial charge >= 0.3 is 5.63 Å². The van der Waals surface area contributed by atoms with E-state index in [0.29, 0.717) is 11.3 Å². The Morgan fingerprint density at radius 1 is 0.968 bits per heavy atom. The first kappa shape index (κ1) is 19.4. The van der Waals surface area contributed by atoms with Gasteiger partial charge in [-0.2, -0.15) is 0 Å². The molecule has 2 fully saturated rings. The second-order valence-corrected chi connectivity index (χ2v) is 8.03. The number of amides is 2. The molecule has 2 aliphatic heterocycles. The fourth-order valence-electron chi connectivity index (χ4n) is 4.48. The monoisotopic (exact) mass is 417 g/mol. The standard InChI is InChI=1S/C24H23N3O4/c28-20-14-16(15-27(20)17-8-2-1-3-9-17)23(29)25-21-22(26-12-6-7-13-26)18-10-4-5-11-19(18)31-24(21)30/h1-5,8-11,16H,6-7,12-15H2,(H,25,29). The van der Waals surface area contributed by atoms with Crippen LogP contribution in [0.5, 0.6) is 0 Å². The summed E-state index contributed by atoms with van der Waals surface area (Å²) in [5.74, 6) is -0.975. The molecule has 3 aromatic rings. The average molecular weight is 417 g/mol. The molecular weight excluding hydrogens is 394 g/mol. The summed E-state index contributed by atoms with van der Waals surface area (Å²) < 4.78 is 5.49. The van der Waals surface area contributed by atoms with Gasteiger partial charge in [0, 0.05) is 37.1 Å². The number of hydrogen-bond donors (Lipinski definition) is 1. The summed E-state index contributed by atoms with van der Waals surface area (Å²) >= 11 is 0. The lowest BCUT2D eigenvalue weighted by Crippen LogP contribution is -2.31. The molecule has 1 unspecified atom stereocenters. The van der Waals surface area contributed by atoms with Gasteiger partial charge in [-0.25, -0.2) is 4.79 Å². The van der Waals surface area contributed by atoms with Gasteiger partial charge in [-0.1, -0.05) is 30.3 Å². The molecule has 0 bridgehead atoms. The molecule has 1 N–H and O–H groups in total. The van der Waals surface area contributed by atoms with Crippen molar-refractivity contribution in [3.8, 4) is 0 Å². The van der Waals surface area contributed by atoms with Crippen LogP contribution in [0, 0.1) is 5.92 Å². The lowest BCUT2D eigenvalue weighted by atomic mass is 10.1.